The fourth-order valence-electron chi connectivity index (χ4n) is 1.57. The lowest BCUT2D eigenvalue weighted by atomic mass is 9.95. The van der Waals surface area contributed by atoms with Crippen molar-refractivity contribution in [3.63, 3.8) is 0 Å². The Kier molecular flexibility index (Phi) is 4.24. The fourth-order valence-corrected chi connectivity index (χ4v) is 1.57. The Labute approximate surface area is 104 Å². The van der Waals surface area contributed by atoms with Gasteiger partial charge in [-0.15, -0.1) is 0 Å². The summed E-state index contributed by atoms with van der Waals surface area (Å²) >= 11 is 0. The summed E-state index contributed by atoms with van der Waals surface area (Å²) in [7, 11) is 0. The maximum Gasteiger partial charge on any atom is 0.237 e. The number of halogens is 2. The number of amides is 1. The molecule has 0 saturated carbocycles. The maximum absolute atomic E-state index is 12.9. The molecule has 0 bridgehead atoms. The molecule has 2 atom stereocenters. The second kappa shape index (κ2) is 5.30. The van der Waals surface area contributed by atoms with E-state index < -0.39 is 29.2 Å². The van der Waals surface area contributed by atoms with Crippen LogP contribution in [0.4, 0.5) is 8.78 Å². The van der Waals surface area contributed by atoms with E-state index in [-0.39, 0.29) is 12.2 Å². The normalized spacial score (nSPS) is 15.8. The van der Waals surface area contributed by atoms with E-state index in [1.54, 1.807) is 6.92 Å². The summed E-state index contributed by atoms with van der Waals surface area (Å²) in [4.78, 5) is 11.0. The number of benzene rings is 1. The van der Waals surface area contributed by atoms with Gasteiger partial charge < -0.3 is 16.2 Å². The summed E-state index contributed by atoms with van der Waals surface area (Å²) in [6.45, 7) is 3.11. The lowest BCUT2D eigenvalue weighted by molar-refractivity contribution is -0.123. The molecule has 1 aromatic carbocycles. The Balaban J connectivity index is 2.70. The summed E-state index contributed by atoms with van der Waals surface area (Å²) in [6.07, 6.45) is -0.366. The molecular formula is C12H16F2N2O2. The van der Waals surface area contributed by atoms with Crippen LogP contribution in [0.25, 0.3) is 0 Å². The number of hydrogen-bond donors (Lipinski definition) is 2. The van der Waals surface area contributed by atoms with Crippen molar-refractivity contribution in [2.45, 2.75) is 31.9 Å². The molecule has 0 fully saturated rings. The first kappa shape index (κ1) is 14.4. The zero-order valence-electron chi connectivity index (χ0n) is 10.2. The highest BCUT2D eigenvalue weighted by Gasteiger charge is 2.28. The van der Waals surface area contributed by atoms with Gasteiger partial charge in [-0.25, -0.2) is 8.78 Å². The van der Waals surface area contributed by atoms with Crippen LogP contribution in [0, 0.1) is 11.6 Å². The summed E-state index contributed by atoms with van der Waals surface area (Å²) in [5.41, 5.74) is 9.56. The van der Waals surface area contributed by atoms with E-state index in [9.17, 15) is 13.6 Å². The van der Waals surface area contributed by atoms with Crippen LogP contribution < -0.4 is 16.2 Å². The van der Waals surface area contributed by atoms with E-state index in [1.807, 2.05) is 0 Å². The van der Waals surface area contributed by atoms with Crippen molar-refractivity contribution in [3.8, 4) is 5.75 Å². The maximum atomic E-state index is 12.9. The van der Waals surface area contributed by atoms with Crippen LogP contribution in [-0.2, 0) is 4.79 Å². The van der Waals surface area contributed by atoms with E-state index in [0.29, 0.717) is 0 Å². The molecule has 1 aromatic rings. The third kappa shape index (κ3) is 3.96. The third-order valence-electron chi connectivity index (χ3n) is 2.45. The topological polar surface area (TPSA) is 78.3 Å². The standard InChI is InChI=1S/C12H16F2N2O2/c1-7(6-12(2,16)11(15)17)18-10-4-8(13)3-9(14)5-10/h3-5,7H,6,16H2,1-2H3,(H2,15,17). The Morgan fingerprint density at radius 3 is 2.33 bits per heavy atom. The van der Waals surface area contributed by atoms with Gasteiger partial charge in [0.05, 0.1) is 11.6 Å². The molecule has 100 valence electrons. The van der Waals surface area contributed by atoms with Crippen LogP contribution in [0.15, 0.2) is 18.2 Å². The molecule has 0 aliphatic heterocycles. The molecule has 0 aliphatic carbocycles. The Morgan fingerprint density at radius 2 is 1.89 bits per heavy atom. The van der Waals surface area contributed by atoms with Crippen molar-refractivity contribution >= 4 is 5.91 Å². The van der Waals surface area contributed by atoms with Gasteiger partial charge in [0.25, 0.3) is 0 Å². The van der Waals surface area contributed by atoms with E-state index in [4.69, 9.17) is 16.2 Å². The Morgan fingerprint density at radius 1 is 1.39 bits per heavy atom. The number of primary amides is 1. The van der Waals surface area contributed by atoms with Crippen LogP contribution in [-0.4, -0.2) is 17.6 Å². The molecule has 6 heteroatoms. The van der Waals surface area contributed by atoms with E-state index >= 15 is 0 Å². The molecule has 0 spiro atoms. The largest absolute Gasteiger partial charge is 0.490 e. The van der Waals surface area contributed by atoms with Crippen molar-refractivity contribution in [1.82, 2.24) is 0 Å². The zero-order chi connectivity index (χ0) is 13.9. The van der Waals surface area contributed by atoms with Crippen molar-refractivity contribution in [3.05, 3.63) is 29.8 Å². The van der Waals surface area contributed by atoms with Crippen molar-refractivity contribution in [1.29, 1.82) is 0 Å². The molecule has 0 radical (unpaired) electrons. The summed E-state index contributed by atoms with van der Waals surface area (Å²) in [5, 5.41) is 0. The van der Waals surface area contributed by atoms with Gasteiger partial charge in [0.2, 0.25) is 5.91 Å². The molecule has 0 saturated heterocycles. The van der Waals surface area contributed by atoms with Crippen LogP contribution in [0.3, 0.4) is 0 Å². The van der Waals surface area contributed by atoms with Gasteiger partial charge in [0.15, 0.2) is 0 Å². The highest BCUT2D eigenvalue weighted by molar-refractivity contribution is 5.83. The van der Waals surface area contributed by atoms with Crippen LogP contribution in [0.2, 0.25) is 0 Å². The number of ether oxygens (including phenoxy) is 1. The summed E-state index contributed by atoms with van der Waals surface area (Å²) < 4.78 is 31.1. The molecule has 18 heavy (non-hydrogen) atoms. The van der Waals surface area contributed by atoms with Gasteiger partial charge >= 0.3 is 0 Å². The second-order valence-corrected chi connectivity index (χ2v) is 4.52. The van der Waals surface area contributed by atoms with Crippen LogP contribution >= 0.6 is 0 Å². The lowest BCUT2D eigenvalue weighted by Crippen LogP contribution is -2.51. The predicted octanol–water partition coefficient (Wildman–Crippen LogP) is 1.32. The van der Waals surface area contributed by atoms with Crippen molar-refractivity contribution in [2.24, 2.45) is 11.5 Å². The minimum atomic E-state index is -1.23. The molecule has 4 nitrogen and oxygen atoms in total. The molecule has 4 N–H and O–H groups in total. The number of rotatable bonds is 5. The van der Waals surface area contributed by atoms with Gasteiger partial charge in [-0.1, -0.05) is 0 Å². The second-order valence-electron chi connectivity index (χ2n) is 4.52. The lowest BCUT2D eigenvalue weighted by Gasteiger charge is -2.25. The molecule has 0 aliphatic rings. The fraction of sp³-hybridized carbons (Fsp3) is 0.417. The predicted molar refractivity (Wildman–Crippen MR) is 62.9 cm³/mol. The van der Waals surface area contributed by atoms with Crippen LogP contribution in [0.5, 0.6) is 5.75 Å². The van der Waals surface area contributed by atoms with E-state index in [2.05, 4.69) is 0 Å². The third-order valence-corrected chi connectivity index (χ3v) is 2.45. The highest BCUT2D eigenvalue weighted by Crippen LogP contribution is 2.19. The van der Waals surface area contributed by atoms with Crippen molar-refractivity contribution in [2.75, 3.05) is 0 Å². The Bertz CT molecular complexity index is 429. The van der Waals surface area contributed by atoms with Gasteiger partial charge in [-0.3, -0.25) is 4.79 Å². The molecule has 1 amide bonds. The van der Waals surface area contributed by atoms with Gasteiger partial charge in [0.1, 0.15) is 17.4 Å². The molecular weight excluding hydrogens is 242 g/mol. The minimum Gasteiger partial charge on any atom is -0.490 e. The molecule has 2 unspecified atom stereocenters. The smallest absolute Gasteiger partial charge is 0.237 e. The monoisotopic (exact) mass is 258 g/mol. The first-order valence-corrected chi connectivity index (χ1v) is 5.42. The molecule has 0 aromatic heterocycles. The van der Waals surface area contributed by atoms with Gasteiger partial charge in [-0.05, 0) is 13.8 Å². The first-order valence-electron chi connectivity index (χ1n) is 5.42. The van der Waals surface area contributed by atoms with Gasteiger partial charge in [0, 0.05) is 24.6 Å². The highest BCUT2D eigenvalue weighted by atomic mass is 19.1. The van der Waals surface area contributed by atoms with Gasteiger partial charge in [-0.2, -0.15) is 0 Å². The summed E-state index contributed by atoms with van der Waals surface area (Å²) in [5.74, 6) is -2.09. The van der Waals surface area contributed by atoms with Crippen LogP contribution in [0.1, 0.15) is 20.3 Å². The molecule has 1 rings (SSSR count). The number of carbonyl (C=O) groups is 1. The average Bonchev–Trinajstić information content (AvgIpc) is 2.13. The Hall–Kier alpha value is -1.69. The SMILES string of the molecule is CC(CC(C)(N)C(N)=O)Oc1cc(F)cc(F)c1. The number of hydrogen-bond acceptors (Lipinski definition) is 3. The first-order chi connectivity index (χ1) is 8.20. The quantitative estimate of drug-likeness (QED) is 0.836. The number of carbonyl (C=O) groups excluding carboxylic acids is 1. The van der Waals surface area contributed by atoms with Crippen molar-refractivity contribution < 1.29 is 18.3 Å². The average molecular weight is 258 g/mol. The minimum absolute atomic E-state index is 0.0419. The zero-order valence-corrected chi connectivity index (χ0v) is 10.2. The van der Waals surface area contributed by atoms with E-state index in [0.717, 1.165) is 18.2 Å². The molecule has 0 heterocycles. The summed E-state index contributed by atoms with van der Waals surface area (Å²) in [6, 6.07) is 2.85. The van der Waals surface area contributed by atoms with E-state index in [1.165, 1.54) is 6.92 Å². The number of nitrogens with two attached hydrogens (primary N) is 2.